The molecule has 0 unspecified atom stereocenters. The predicted molar refractivity (Wildman–Crippen MR) is 97.3 cm³/mol. The van der Waals surface area contributed by atoms with Gasteiger partial charge in [0.1, 0.15) is 0 Å². The summed E-state index contributed by atoms with van der Waals surface area (Å²) in [6.45, 7) is 3.88. The molecule has 4 N–H and O–H groups in total. The third kappa shape index (κ3) is 6.56. The molecule has 8 heteroatoms. The van der Waals surface area contributed by atoms with E-state index in [2.05, 4.69) is 4.99 Å². The van der Waals surface area contributed by atoms with E-state index in [1.165, 1.54) is 18.7 Å². The summed E-state index contributed by atoms with van der Waals surface area (Å²) in [6, 6.07) is 5.53. The maximum atomic E-state index is 11.4. The Labute approximate surface area is 142 Å². The summed E-state index contributed by atoms with van der Waals surface area (Å²) < 4.78 is 0. The van der Waals surface area contributed by atoms with E-state index in [0.29, 0.717) is 11.7 Å². The van der Waals surface area contributed by atoms with Crippen molar-refractivity contribution in [2.75, 3.05) is 17.7 Å². The number of benzene rings is 1. The van der Waals surface area contributed by atoms with Crippen molar-refractivity contribution < 1.29 is 4.79 Å². The van der Waals surface area contributed by atoms with Crippen LogP contribution in [0.25, 0.3) is 0 Å². The number of amides is 1. The topological polar surface area (TPSA) is 84.7 Å². The van der Waals surface area contributed by atoms with Crippen molar-refractivity contribution in [3.63, 3.8) is 0 Å². The molecule has 0 aliphatic carbocycles. The van der Waals surface area contributed by atoms with E-state index in [0.717, 1.165) is 22.7 Å². The highest BCUT2D eigenvalue weighted by Gasteiger charge is 2.10. The Morgan fingerprint density at radius 2 is 2.00 bits per heavy atom. The Kier molecular flexibility index (Phi) is 11.4. The number of rotatable bonds is 4. The van der Waals surface area contributed by atoms with Gasteiger partial charge < -0.3 is 16.4 Å². The molecule has 0 spiro atoms. The maximum absolute atomic E-state index is 11.4. The van der Waals surface area contributed by atoms with E-state index in [1.54, 1.807) is 11.9 Å². The number of nitrogens with two attached hydrogens (primary N) is 2. The molecule has 0 aliphatic heterocycles. The lowest BCUT2D eigenvalue weighted by molar-refractivity contribution is -0.116. The molecule has 0 bridgehead atoms. The molecule has 1 rings (SSSR count). The van der Waals surface area contributed by atoms with Crippen LogP contribution in [0, 0.1) is 0 Å². The van der Waals surface area contributed by atoms with Gasteiger partial charge in [-0.25, -0.2) is 4.99 Å². The van der Waals surface area contributed by atoms with E-state index in [1.807, 2.05) is 25.1 Å². The number of amidine groups is 1. The number of aliphatic imine (C=N–C) groups is 1. The van der Waals surface area contributed by atoms with Crippen LogP contribution >= 0.6 is 36.6 Å². The Bertz CT molecular complexity index is 497. The second kappa shape index (κ2) is 10.7. The molecule has 0 saturated carbocycles. The van der Waals surface area contributed by atoms with Gasteiger partial charge in [-0.1, -0.05) is 18.7 Å². The molecule has 0 fully saturated rings. The van der Waals surface area contributed by atoms with Crippen LogP contribution in [0.5, 0.6) is 0 Å². The number of hydrogen-bond donors (Lipinski definition) is 2. The van der Waals surface area contributed by atoms with Crippen molar-refractivity contribution in [1.29, 1.82) is 0 Å². The Morgan fingerprint density at radius 1 is 1.38 bits per heavy atom. The maximum Gasteiger partial charge on any atom is 0.223 e. The average Bonchev–Trinajstić information content (AvgIpc) is 2.37. The summed E-state index contributed by atoms with van der Waals surface area (Å²) in [6.07, 6.45) is 0. The molecule has 0 heterocycles. The van der Waals surface area contributed by atoms with Gasteiger partial charge in [-0.3, -0.25) is 4.79 Å². The van der Waals surface area contributed by atoms with E-state index in [9.17, 15) is 4.79 Å². The first-order valence-corrected chi connectivity index (χ1v) is 7.02. The quantitative estimate of drug-likeness (QED) is 0.644. The molecule has 1 aromatic rings. The van der Waals surface area contributed by atoms with Gasteiger partial charge in [0.25, 0.3) is 0 Å². The fraction of sp³-hybridized carbons (Fsp3) is 0.385. The first kappa shape index (κ1) is 22.3. The molecule has 120 valence electrons. The third-order valence-electron chi connectivity index (χ3n) is 2.65. The van der Waals surface area contributed by atoms with Crippen molar-refractivity contribution >= 4 is 59.0 Å². The Hall–Kier alpha value is -0.950. The van der Waals surface area contributed by atoms with Gasteiger partial charge >= 0.3 is 0 Å². The first-order valence-electron chi connectivity index (χ1n) is 6.03. The van der Waals surface area contributed by atoms with E-state index in [4.69, 9.17) is 11.5 Å². The van der Waals surface area contributed by atoms with Crippen LogP contribution in [-0.2, 0) is 11.3 Å². The molecule has 21 heavy (non-hydrogen) atoms. The minimum atomic E-state index is -0.0352. The number of carbonyl (C=O) groups excluding carboxylic acids is 1. The zero-order valence-electron chi connectivity index (χ0n) is 12.3. The standard InChI is InChI=1S/C13H20N4OS.2ClH/c1-4-19-13(15)16-11-5-6-12(10(7-11)8-14)17(3)9(2)18;;/h5-7H,4,8,14H2,1-3H3,(H2,15,16);2*1H. The van der Waals surface area contributed by atoms with Crippen LogP contribution in [-0.4, -0.2) is 23.9 Å². The minimum Gasteiger partial charge on any atom is -0.378 e. The number of thioether (sulfide) groups is 1. The van der Waals surface area contributed by atoms with Gasteiger partial charge in [-0.2, -0.15) is 0 Å². The lowest BCUT2D eigenvalue weighted by Crippen LogP contribution is -2.24. The van der Waals surface area contributed by atoms with Gasteiger partial charge in [0, 0.05) is 26.2 Å². The van der Waals surface area contributed by atoms with E-state index >= 15 is 0 Å². The monoisotopic (exact) mass is 352 g/mol. The van der Waals surface area contributed by atoms with Crippen molar-refractivity contribution in [3.8, 4) is 0 Å². The first-order chi connectivity index (χ1) is 8.99. The number of carbonyl (C=O) groups is 1. The van der Waals surface area contributed by atoms with E-state index < -0.39 is 0 Å². The molecule has 0 atom stereocenters. The zero-order valence-corrected chi connectivity index (χ0v) is 14.8. The summed E-state index contributed by atoms with van der Waals surface area (Å²) in [7, 11) is 1.72. The van der Waals surface area contributed by atoms with Crippen LogP contribution in [0.2, 0.25) is 0 Å². The summed E-state index contributed by atoms with van der Waals surface area (Å²) in [4.78, 5) is 17.3. The minimum absolute atomic E-state index is 0. The number of nitrogens with zero attached hydrogens (tertiary/aromatic N) is 2. The molecular formula is C13H22Cl2N4OS. The number of anilines is 1. The highest BCUT2D eigenvalue weighted by atomic mass is 35.5. The van der Waals surface area contributed by atoms with Gasteiger partial charge in [0.15, 0.2) is 5.17 Å². The van der Waals surface area contributed by atoms with Crippen molar-refractivity contribution in [2.45, 2.75) is 20.4 Å². The lowest BCUT2D eigenvalue weighted by atomic mass is 10.1. The van der Waals surface area contributed by atoms with Gasteiger partial charge in [0.05, 0.1) is 5.69 Å². The van der Waals surface area contributed by atoms with Crippen molar-refractivity contribution in [2.24, 2.45) is 16.5 Å². The van der Waals surface area contributed by atoms with Gasteiger partial charge in [-0.15, -0.1) is 24.8 Å². The van der Waals surface area contributed by atoms with Crippen LogP contribution in [0.1, 0.15) is 19.4 Å². The van der Waals surface area contributed by atoms with Gasteiger partial charge in [-0.05, 0) is 29.5 Å². The summed E-state index contributed by atoms with van der Waals surface area (Å²) in [5, 5.41) is 0.526. The lowest BCUT2D eigenvalue weighted by Gasteiger charge is -2.18. The zero-order chi connectivity index (χ0) is 14.4. The smallest absolute Gasteiger partial charge is 0.223 e. The fourth-order valence-electron chi connectivity index (χ4n) is 1.61. The molecule has 1 amide bonds. The second-order valence-electron chi connectivity index (χ2n) is 3.98. The largest absolute Gasteiger partial charge is 0.378 e. The van der Waals surface area contributed by atoms with Crippen LogP contribution < -0.4 is 16.4 Å². The Balaban J connectivity index is 0. The molecule has 0 saturated heterocycles. The van der Waals surface area contributed by atoms with E-state index in [-0.39, 0.29) is 30.7 Å². The molecule has 0 aliphatic rings. The van der Waals surface area contributed by atoms with Gasteiger partial charge in [0.2, 0.25) is 5.91 Å². The van der Waals surface area contributed by atoms with Crippen LogP contribution in [0.3, 0.4) is 0 Å². The summed E-state index contributed by atoms with van der Waals surface area (Å²) in [5.41, 5.74) is 13.9. The number of hydrogen-bond acceptors (Lipinski definition) is 4. The molecular weight excluding hydrogens is 331 g/mol. The summed E-state index contributed by atoms with van der Waals surface area (Å²) >= 11 is 1.49. The van der Waals surface area contributed by atoms with Crippen molar-refractivity contribution in [3.05, 3.63) is 23.8 Å². The number of halogens is 2. The normalized spacial score (nSPS) is 10.4. The second-order valence-corrected chi connectivity index (χ2v) is 5.26. The van der Waals surface area contributed by atoms with Crippen LogP contribution in [0.15, 0.2) is 23.2 Å². The molecule has 1 aromatic carbocycles. The molecule has 0 aromatic heterocycles. The average molecular weight is 353 g/mol. The highest BCUT2D eigenvalue weighted by Crippen LogP contribution is 2.25. The summed E-state index contributed by atoms with van der Waals surface area (Å²) in [5.74, 6) is 0.844. The Morgan fingerprint density at radius 3 is 2.48 bits per heavy atom. The van der Waals surface area contributed by atoms with Crippen molar-refractivity contribution in [1.82, 2.24) is 0 Å². The molecule has 5 nitrogen and oxygen atoms in total. The SMILES string of the molecule is CCSC(N)=Nc1ccc(N(C)C(C)=O)c(CN)c1.Cl.Cl. The van der Waals surface area contributed by atoms with Crippen LogP contribution in [0.4, 0.5) is 11.4 Å². The predicted octanol–water partition coefficient (Wildman–Crippen LogP) is 2.67. The third-order valence-corrected chi connectivity index (χ3v) is 3.32. The molecule has 0 radical (unpaired) electrons. The highest BCUT2D eigenvalue weighted by molar-refractivity contribution is 8.13. The fourth-order valence-corrected chi connectivity index (χ4v) is 2.07.